The maximum Gasteiger partial charge on any atom is 0.161 e. The summed E-state index contributed by atoms with van der Waals surface area (Å²) >= 11 is 1.87. The molecule has 0 saturated heterocycles. The predicted octanol–water partition coefficient (Wildman–Crippen LogP) is 15.7. The summed E-state index contributed by atoms with van der Waals surface area (Å²) in [4.78, 5) is 10.9. The van der Waals surface area contributed by atoms with Crippen LogP contribution in [0.3, 0.4) is 0 Å². The highest BCUT2D eigenvalue weighted by molar-refractivity contribution is 7.26. The van der Waals surface area contributed by atoms with E-state index in [4.69, 9.17) is 9.97 Å². The van der Waals surface area contributed by atoms with E-state index >= 15 is 0 Å². The molecule has 0 unspecified atom stereocenters. The average molecular weight is 821 g/mol. The van der Waals surface area contributed by atoms with E-state index in [1.807, 2.05) is 11.3 Å². The van der Waals surface area contributed by atoms with E-state index < -0.39 is 0 Å². The van der Waals surface area contributed by atoms with Gasteiger partial charge in [0.05, 0.1) is 38.2 Å². The van der Waals surface area contributed by atoms with Crippen molar-refractivity contribution >= 4 is 75.1 Å². The van der Waals surface area contributed by atoms with Crippen LogP contribution in [0, 0.1) is 0 Å². The number of thiophene rings is 1. The largest absolute Gasteiger partial charge is 0.309 e. The molecule has 0 amide bonds. The molecule has 0 saturated carbocycles. The van der Waals surface area contributed by atoms with Crippen LogP contribution in [-0.2, 0) is 0 Å². The molecule has 0 aliphatic heterocycles. The first-order valence-corrected chi connectivity index (χ1v) is 22.1. The van der Waals surface area contributed by atoms with Gasteiger partial charge in [0.25, 0.3) is 0 Å². The molecule has 63 heavy (non-hydrogen) atoms. The van der Waals surface area contributed by atoms with Crippen molar-refractivity contribution in [2.45, 2.75) is 0 Å². The number of nitrogens with zero attached hydrogens (tertiary/aromatic N) is 4. The molecule has 0 N–H and O–H groups in total. The summed E-state index contributed by atoms with van der Waals surface area (Å²) in [5, 5.41) is 7.47. The Kier molecular flexibility index (Phi) is 8.05. The number of aromatic nitrogens is 4. The Hall–Kier alpha value is -8.12. The van der Waals surface area contributed by atoms with Crippen LogP contribution in [0.4, 0.5) is 0 Å². The van der Waals surface area contributed by atoms with Gasteiger partial charge < -0.3 is 9.13 Å². The summed E-state index contributed by atoms with van der Waals surface area (Å²) in [5.41, 5.74) is 13.8. The second-order valence-electron chi connectivity index (χ2n) is 16.1. The fourth-order valence-electron chi connectivity index (χ4n) is 9.68. The van der Waals surface area contributed by atoms with Crippen LogP contribution in [0.2, 0.25) is 0 Å². The topological polar surface area (TPSA) is 35.6 Å². The van der Waals surface area contributed by atoms with E-state index in [0.717, 1.165) is 61.6 Å². The van der Waals surface area contributed by atoms with Crippen molar-refractivity contribution in [1.82, 2.24) is 19.1 Å². The Morgan fingerprint density at radius 3 is 1.60 bits per heavy atom. The molecule has 4 heterocycles. The van der Waals surface area contributed by atoms with Gasteiger partial charge in [0.1, 0.15) is 0 Å². The number of fused-ring (bicyclic) bond motifs is 10. The molecule has 294 valence electrons. The molecule has 13 aromatic rings. The smallest absolute Gasteiger partial charge is 0.161 e. The van der Waals surface area contributed by atoms with Crippen LogP contribution < -0.4 is 0 Å². The maximum atomic E-state index is 5.45. The standard InChI is InChI=1S/C58H36N4S/c1-4-16-37(17-5-1)50-36-51(38-18-6-2-7-19-38)60-58(59-50)49-35-41(62-53-26-14-11-23-44(53)47-32-33-48-46-24-12-15-27-55(46)63-57(48)56(47)62)29-31-42(49)39-28-30-45-43-22-10-13-25-52(43)61(54(45)34-39)40-20-8-3-9-21-40/h1-36H. The van der Waals surface area contributed by atoms with E-state index in [1.54, 1.807) is 0 Å². The highest BCUT2D eigenvalue weighted by Crippen LogP contribution is 2.45. The average Bonchev–Trinajstić information content (AvgIpc) is 4.02. The Labute approximate surface area is 367 Å². The van der Waals surface area contributed by atoms with Crippen LogP contribution in [-0.4, -0.2) is 19.1 Å². The van der Waals surface area contributed by atoms with Crippen LogP contribution in [0.1, 0.15) is 0 Å². The lowest BCUT2D eigenvalue weighted by atomic mass is 9.96. The molecule has 4 aromatic heterocycles. The third-order valence-electron chi connectivity index (χ3n) is 12.5. The molecule has 0 fully saturated rings. The first-order chi connectivity index (χ1) is 31.2. The van der Waals surface area contributed by atoms with Crippen molar-refractivity contribution in [1.29, 1.82) is 0 Å². The molecule has 0 aliphatic rings. The fraction of sp³-hybridized carbons (Fsp3) is 0. The van der Waals surface area contributed by atoms with Crippen molar-refractivity contribution in [3.8, 4) is 56.4 Å². The number of rotatable bonds is 6. The Balaban J connectivity index is 1.12. The lowest BCUT2D eigenvalue weighted by molar-refractivity contribution is 1.16. The predicted molar refractivity (Wildman–Crippen MR) is 265 cm³/mol. The molecule has 0 atom stereocenters. The van der Waals surface area contributed by atoms with Crippen molar-refractivity contribution in [3.05, 3.63) is 218 Å². The molecule has 0 aliphatic carbocycles. The van der Waals surface area contributed by atoms with Gasteiger partial charge in [-0.25, -0.2) is 9.97 Å². The minimum Gasteiger partial charge on any atom is -0.309 e. The zero-order chi connectivity index (χ0) is 41.4. The van der Waals surface area contributed by atoms with Gasteiger partial charge in [0.2, 0.25) is 0 Å². The normalized spacial score (nSPS) is 11.8. The van der Waals surface area contributed by atoms with Gasteiger partial charge in [0, 0.05) is 65.1 Å². The second-order valence-corrected chi connectivity index (χ2v) is 17.2. The SMILES string of the molecule is c1ccc(-c2cc(-c3ccccc3)nc(-c3cc(-n4c5ccccc5c5ccc6c7ccccc7sc6c54)ccc3-c3ccc4c5ccccc5n(-c5ccccc5)c4c3)n2)cc1. The van der Waals surface area contributed by atoms with Crippen molar-refractivity contribution in [2.24, 2.45) is 0 Å². The third-order valence-corrected chi connectivity index (χ3v) is 13.7. The molecule has 9 aromatic carbocycles. The van der Waals surface area contributed by atoms with E-state index in [2.05, 4.69) is 228 Å². The highest BCUT2D eigenvalue weighted by atomic mass is 32.1. The summed E-state index contributed by atoms with van der Waals surface area (Å²) in [6.45, 7) is 0. The van der Waals surface area contributed by atoms with E-state index in [1.165, 1.54) is 52.8 Å². The molecule has 5 heteroatoms. The van der Waals surface area contributed by atoms with Gasteiger partial charge in [-0.05, 0) is 65.7 Å². The monoisotopic (exact) mass is 820 g/mol. The molecule has 0 radical (unpaired) electrons. The van der Waals surface area contributed by atoms with Crippen molar-refractivity contribution in [3.63, 3.8) is 0 Å². The van der Waals surface area contributed by atoms with E-state index in [9.17, 15) is 0 Å². The third kappa shape index (κ3) is 5.67. The summed E-state index contributed by atoms with van der Waals surface area (Å²) in [6.07, 6.45) is 0. The van der Waals surface area contributed by atoms with E-state index in [0.29, 0.717) is 5.82 Å². The molecule has 0 bridgehead atoms. The molecule has 4 nitrogen and oxygen atoms in total. The highest BCUT2D eigenvalue weighted by Gasteiger charge is 2.22. The first-order valence-electron chi connectivity index (χ1n) is 21.3. The number of hydrogen-bond donors (Lipinski definition) is 0. The second kappa shape index (κ2) is 14.2. The number of hydrogen-bond acceptors (Lipinski definition) is 3. The minimum absolute atomic E-state index is 0.670. The van der Waals surface area contributed by atoms with Crippen LogP contribution in [0.25, 0.3) is 120 Å². The summed E-state index contributed by atoms with van der Waals surface area (Å²) in [5.74, 6) is 0.670. The Morgan fingerprint density at radius 2 is 0.889 bits per heavy atom. The van der Waals surface area contributed by atoms with Gasteiger partial charge in [-0.2, -0.15) is 0 Å². The van der Waals surface area contributed by atoms with Gasteiger partial charge >= 0.3 is 0 Å². The van der Waals surface area contributed by atoms with Crippen molar-refractivity contribution < 1.29 is 0 Å². The number of para-hydroxylation sites is 3. The van der Waals surface area contributed by atoms with Gasteiger partial charge in [0.15, 0.2) is 5.82 Å². The lowest BCUT2D eigenvalue weighted by Crippen LogP contribution is -2.00. The zero-order valence-electron chi connectivity index (χ0n) is 34.0. The summed E-state index contributed by atoms with van der Waals surface area (Å²) in [7, 11) is 0. The van der Waals surface area contributed by atoms with Gasteiger partial charge in [-0.15, -0.1) is 11.3 Å². The fourth-order valence-corrected chi connectivity index (χ4v) is 10.9. The maximum absolute atomic E-state index is 5.45. The van der Waals surface area contributed by atoms with Gasteiger partial charge in [-0.3, -0.25) is 0 Å². The molecular weight excluding hydrogens is 785 g/mol. The molecule has 0 spiro atoms. The van der Waals surface area contributed by atoms with Crippen LogP contribution >= 0.6 is 11.3 Å². The molecular formula is C58H36N4S. The van der Waals surface area contributed by atoms with Crippen LogP contribution in [0.5, 0.6) is 0 Å². The van der Waals surface area contributed by atoms with E-state index in [-0.39, 0.29) is 0 Å². The first kappa shape index (κ1) is 35.6. The quantitative estimate of drug-likeness (QED) is 0.167. The number of benzene rings is 9. The summed E-state index contributed by atoms with van der Waals surface area (Å²) < 4.78 is 7.42. The lowest BCUT2D eigenvalue weighted by Gasteiger charge is -2.16. The van der Waals surface area contributed by atoms with Gasteiger partial charge in [-0.1, -0.05) is 164 Å². The Bertz CT molecular complexity index is 3840. The van der Waals surface area contributed by atoms with Crippen molar-refractivity contribution in [2.75, 3.05) is 0 Å². The summed E-state index contributed by atoms with van der Waals surface area (Å²) in [6, 6.07) is 78.4. The molecule has 13 rings (SSSR count). The minimum atomic E-state index is 0.670. The van der Waals surface area contributed by atoms with Crippen LogP contribution in [0.15, 0.2) is 218 Å². The zero-order valence-corrected chi connectivity index (χ0v) is 34.8. The Morgan fingerprint density at radius 1 is 0.333 bits per heavy atom.